The summed E-state index contributed by atoms with van der Waals surface area (Å²) >= 11 is 0. The molecule has 0 saturated carbocycles. The Hall–Kier alpha value is -1.10. The maximum absolute atomic E-state index is 4.46. The van der Waals surface area contributed by atoms with E-state index in [1.54, 1.807) is 0 Å². The van der Waals surface area contributed by atoms with Crippen LogP contribution in [-0.4, -0.2) is 41.4 Å². The number of aromatic nitrogens is 3. The Labute approximate surface area is 83.9 Å². The molecule has 1 aliphatic rings. The number of H-pyrrole nitrogens is 1. The van der Waals surface area contributed by atoms with Crippen molar-refractivity contribution in [2.24, 2.45) is 0 Å². The molecule has 1 fully saturated rings. The van der Waals surface area contributed by atoms with Gasteiger partial charge in [-0.05, 0) is 0 Å². The van der Waals surface area contributed by atoms with Crippen LogP contribution in [-0.2, 0) is 0 Å². The van der Waals surface area contributed by atoms with Crippen molar-refractivity contribution in [2.75, 3.05) is 31.1 Å². The van der Waals surface area contributed by atoms with Gasteiger partial charge in [0.1, 0.15) is 5.82 Å². The number of hydrogen-bond donors (Lipinski definition) is 2. The Balaban J connectivity index is 2.07. The third-order valence-corrected chi connectivity index (χ3v) is 2.44. The molecule has 0 unspecified atom stereocenters. The highest BCUT2D eigenvalue weighted by Crippen LogP contribution is 2.13. The van der Waals surface area contributed by atoms with E-state index >= 15 is 0 Å². The molecule has 2 rings (SSSR count). The van der Waals surface area contributed by atoms with Crippen LogP contribution < -0.4 is 10.2 Å². The number of rotatable bonds is 2. The third-order valence-electron chi connectivity index (χ3n) is 2.44. The first-order valence-electron chi connectivity index (χ1n) is 5.15. The van der Waals surface area contributed by atoms with Crippen molar-refractivity contribution in [1.82, 2.24) is 20.5 Å². The van der Waals surface area contributed by atoms with E-state index in [2.05, 4.69) is 39.2 Å². The molecule has 2 heterocycles. The third kappa shape index (κ3) is 1.87. The molecule has 1 aliphatic heterocycles. The molecule has 0 atom stereocenters. The van der Waals surface area contributed by atoms with E-state index in [4.69, 9.17) is 0 Å². The fraction of sp³-hybridized carbons (Fsp3) is 0.778. The number of nitrogens with one attached hydrogen (secondary N) is 2. The van der Waals surface area contributed by atoms with Crippen molar-refractivity contribution < 1.29 is 0 Å². The summed E-state index contributed by atoms with van der Waals surface area (Å²) in [7, 11) is 0. The highest BCUT2D eigenvalue weighted by Gasteiger charge is 2.15. The topological polar surface area (TPSA) is 56.8 Å². The Kier molecular flexibility index (Phi) is 2.67. The fourth-order valence-electron chi connectivity index (χ4n) is 1.53. The lowest BCUT2D eigenvalue weighted by molar-refractivity contribution is 0.580. The summed E-state index contributed by atoms with van der Waals surface area (Å²) in [5.41, 5.74) is 0. The zero-order chi connectivity index (χ0) is 9.97. The highest BCUT2D eigenvalue weighted by molar-refractivity contribution is 5.29. The Morgan fingerprint density at radius 3 is 2.57 bits per heavy atom. The van der Waals surface area contributed by atoms with E-state index in [0.717, 1.165) is 38.0 Å². The van der Waals surface area contributed by atoms with Gasteiger partial charge < -0.3 is 10.2 Å². The zero-order valence-corrected chi connectivity index (χ0v) is 8.75. The molecule has 0 bridgehead atoms. The van der Waals surface area contributed by atoms with Gasteiger partial charge in [-0.25, -0.2) is 0 Å². The van der Waals surface area contributed by atoms with Gasteiger partial charge in [-0.1, -0.05) is 13.8 Å². The van der Waals surface area contributed by atoms with Gasteiger partial charge >= 0.3 is 0 Å². The first-order valence-corrected chi connectivity index (χ1v) is 5.15. The first-order chi connectivity index (χ1) is 6.77. The van der Waals surface area contributed by atoms with Crippen LogP contribution in [0.15, 0.2) is 0 Å². The van der Waals surface area contributed by atoms with E-state index in [9.17, 15) is 0 Å². The first kappa shape index (κ1) is 9.45. The van der Waals surface area contributed by atoms with Crippen molar-refractivity contribution in [3.63, 3.8) is 0 Å². The second kappa shape index (κ2) is 3.96. The second-order valence-electron chi connectivity index (χ2n) is 3.91. The minimum atomic E-state index is 0.416. The van der Waals surface area contributed by atoms with Crippen LogP contribution in [0.4, 0.5) is 5.95 Å². The van der Waals surface area contributed by atoms with Crippen molar-refractivity contribution in [2.45, 2.75) is 19.8 Å². The number of aromatic amines is 1. The maximum atomic E-state index is 4.46. The fourth-order valence-corrected chi connectivity index (χ4v) is 1.53. The summed E-state index contributed by atoms with van der Waals surface area (Å²) in [5, 5.41) is 10.5. The van der Waals surface area contributed by atoms with Crippen molar-refractivity contribution in [3.05, 3.63) is 5.82 Å². The summed E-state index contributed by atoms with van der Waals surface area (Å²) in [4.78, 5) is 6.67. The quantitative estimate of drug-likeness (QED) is 0.714. The minimum Gasteiger partial charge on any atom is -0.337 e. The van der Waals surface area contributed by atoms with E-state index in [-0.39, 0.29) is 0 Å². The van der Waals surface area contributed by atoms with Gasteiger partial charge in [0.2, 0.25) is 5.95 Å². The van der Waals surface area contributed by atoms with Gasteiger partial charge in [0.05, 0.1) is 0 Å². The van der Waals surface area contributed by atoms with Crippen LogP contribution in [0.1, 0.15) is 25.6 Å². The molecule has 1 aromatic heterocycles. The second-order valence-corrected chi connectivity index (χ2v) is 3.91. The van der Waals surface area contributed by atoms with Crippen LogP contribution in [0.3, 0.4) is 0 Å². The molecule has 5 heteroatoms. The maximum Gasteiger partial charge on any atom is 0.244 e. The van der Waals surface area contributed by atoms with Crippen LogP contribution in [0.5, 0.6) is 0 Å². The van der Waals surface area contributed by atoms with Crippen molar-refractivity contribution in [3.8, 4) is 0 Å². The van der Waals surface area contributed by atoms with E-state index in [1.807, 2.05) is 0 Å². The van der Waals surface area contributed by atoms with Gasteiger partial charge in [0.25, 0.3) is 0 Å². The summed E-state index contributed by atoms with van der Waals surface area (Å²) in [5.74, 6) is 2.23. The number of piperazine rings is 1. The zero-order valence-electron chi connectivity index (χ0n) is 8.75. The molecule has 2 N–H and O–H groups in total. The smallest absolute Gasteiger partial charge is 0.244 e. The molecule has 0 radical (unpaired) electrons. The number of hydrogen-bond acceptors (Lipinski definition) is 4. The summed E-state index contributed by atoms with van der Waals surface area (Å²) < 4.78 is 0. The Bertz CT molecular complexity index is 287. The summed E-state index contributed by atoms with van der Waals surface area (Å²) in [6.07, 6.45) is 0. The largest absolute Gasteiger partial charge is 0.337 e. The van der Waals surface area contributed by atoms with E-state index in [0.29, 0.717) is 5.92 Å². The van der Waals surface area contributed by atoms with Crippen LogP contribution in [0, 0.1) is 0 Å². The lowest BCUT2D eigenvalue weighted by atomic mass is 10.2. The van der Waals surface area contributed by atoms with Gasteiger partial charge in [0.15, 0.2) is 0 Å². The number of anilines is 1. The predicted molar refractivity (Wildman–Crippen MR) is 55.6 cm³/mol. The van der Waals surface area contributed by atoms with Gasteiger partial charge in [-0.15, -0.1) is 5.10 Å². The van der Waals surface area contributed by atoms with Gasteiger partial charge in [0, 0.05) is 32.1 Å². The summed E-state index contributed by atoms with van der Waals surface area (Å²) in [6, 6.07) is 0. The van der Waals surface area contributed by atoms with Crippen molar-refractivity contribution >= 4 is 5.95 Å². The molecule has 5 nitrogen and oxygen atoms in total. The standard InChI is InChI=1S/C9H17N5/c1-7(2)8-11-9(13-12-8)14-5-3-10-4-6-14/h7,10H,3-6H2,1-2H3,(H,11,12,13). The normalized spacial score (nSPS) is 17.8. The molecule has 1 saturated heterocycles. The molecular weight excluding hydrogens is 178 g/mol. The molecule has 0 aromatic carbocycles. The molecule has 78 valence electrons. The SMILES string of the molecule is CC(C)c1nc(N2CCNCC2)n[nH]1. The molecule has 1 aromatic rings. The highest BCUT2D eigenvalue weighted by atomic mass is 15.4. The predicted octanol–water partition coefficient (Wildman–Crippen LogP) is 0.338. The van der Waals surface area contributed by atoms with Crippen LogP contribution >= 0.6 is 0 Å². The minimum absolute atomic E-state index is 0.416. The van der Waals surface area contributed by atoms with Crippen LogP contribution in [0.25, 0.3) is 0 Å². The Morgan fingerprint density at radius 1 is 1.29 bits per heavy atom. The number of nitrogens with zero attached hydrogens (tertiary/aromatic N) is 3. The molecular formula is C9H17N5. The molecule has 14 heavy (non-hydrogen) atoms. The van der Waals surface area contributed by atoms with Crippen molar-refractivity contribution in [1.29, 1.82) is 0 Å². The lowest BCUT2D eigenvalue weighted by Gasteiger charge is -2.25. The van der Waals surface area contributed by atoms with E-state index in [1.165, 1.54) is 0 Å². The molecule has 0 spiro atoms. The average molecular weight is 195 g/mol. The van der Waals surface area contributed by atoms with Gasteiger partial charge in [-0.2, -0.15) is 4.98 Å². The lowest BCUT2D eigenvalue weighted by Crippen LogP contribution is -2.44. The molecule has 0 aliphatic carbocycles. The monoisotopic (exact) mass is 195 g/mol. The Morgan fingerprint density at radius 2 is 2.00 bits per heavy atom. The summed E-state index contributed by atoms with van der Waals surface area (Å²) in [6.45, 7) is 8.26. The van der Waals surface area contributed by atoms with E-state index < -0.39 is 0 Å². The average Bonchev–Trinajstić information content (AvgIpc) is 2.68. The van der Waals surface area contributed by atoms with Crippen LogP contribution in [0.2, 0.25) is 0 Å². The molecule has 0 amide bonds. The van der Waals surface area contributed by atoms with Gasteiger partial charge in [-0.3, -0.25) is 5.10 Å².